The average molecular weight is 421 g/mol. The van der Waals surface area contributed by atoms with E-state index in [2.05, 4.69) is 14.7 Å². The van der Waals surface area contributed by atoms with Gasteiger partial charge < -0.3 is 18.6 Å². The topological polar surface area (TPSA) is 81.6 Å². The lowest BCUT2D eigenvalue weighted by Crippen LogP contribution is -2.38. The average Bonchev–Trinajstić information content (AvgIpc) is 3.49. The smallest absolute Gasteiger partial charge is 0.467 e. The predicted molar refractivity (Wildman–Crippen MR) is 96.7 cm³/mol. The molecule has 7 nitrogen and oxygen atoms in total. The maximum absolute atomic E-state index is 12.9. The highest BCUT2D eigenvalue weighted by Gasteiger charge is 2.38. The van der Waals surface area contributed by atoms with Crippen LogP contribution in [0.1, 0.15) is 30.1 Å². The minimum Gasteiger partial charge on any atom is -0.467 e. The van der Waals surface area contributed by atoms with E-state index in [9.17, 15) is 18.0 Å². The molecule has 1 fully saturated rings. The van der Waals surface area contributed by atoms with Crippen molar-refractivity contribution in [3.63, 3.8) is 0 Å². The van der Waals surface area contributed by atoms with Crippen molar-refractivity contribution < 1.29 is 31.6 Å². The standard InChI is InChI=1S/C20H18F3N3O4/c21-20(22,23)19-24-17(25-30-19)14-7-5-13(6-8-14)11-26(12-15-3-1-9-28-15)18(27)16-4-2-10-29-16/h1,3,5-9,16H,2,4,10-12H2. The van der Waals surface area contributed by atoms with E-state index in [1.807, 2.05) is 0 Å². The molecule has 1 saturated heterocycles. The summed E-state index contributed by atoms with van der Waals surface area (Å²) < 4.78 is 53.0. The molecule has 30 heavy (non-hydrogen) atoms. The fraction of sp³-hybridized carbons (Fsp3) is 0.350. The van der Waals surface area contributed by atoms with Gasteiger partial charge in [0.25, 0.3) is 5.91 Å². The van der Waals surface area contributed by atoms with Gasteiger partial charge in [0.1, 0.15) is 11.9 Å². The van der Waals surface area contributed by atoms with Crippen LogP contribution in [0.25, 0.3) is 11.4 Å². The quantitative estimate of drug-likeness (QED) is 0.597. The summed E-state index contributed by atoms with van der Waals surface area (Å²) in [4.78, 5) is 17.9. The predicted octanol–water partition coefficient (Wildman–Crippen LogP) is 4.06. The molecule has 4 rings (SSSR count). The Bertz CT molecular complexity index is 978. The Morgan fingerprint density at radius 3 is 2.57 bits per heavy atom. The fourth-order valence-electron chi connectivity index (χ4n) is 3.21. The molecular formula is C20H18F3N3O4. The van der Waals surface area contributed by atoms with Crippen molar-refractivity contribution in [3.05, 3.63) is 59.9 Å². The maximum Gasteiger partial charge on any atom is 0.471 e. The second-order valence-electron chi connectivity index (χ2n) is 6.89. The van der Waals surface area contributed by atoms with Crippen LogP contribution in [-0.4, -0.2) is 33.7 Å². The van der Waals surface area contributed by atoms with E-state index in [1.165, 1.54) is 0 Å². The number of halogens is 3. The van der Waals surface area contributed by atoms with Gasteiger partial charge in [-0.15, -0.1) is 0 Å². The molecule has 3 heterocycles. The van der Waals surface area contributed by atoms with E-state index in [0.29, 0.717) is 30.9 Å². The first-order chi connectivity index (χ1) is 14.4. The lowest BCUT2D eigenvalue weighted by molar-refractivity contribution is -0.159. The molecule has 0 aliphatic carbocycles. The van der Waals surface area contributed by atoms with Crippen molar-refractivity contribution in [1.82, 2.24) is 15.0 Å². The van der Waals surface area contributed by atoms with Crippen LogP contribution in [0.3, 0.4) is 0 Å². The highest BCUT2D eigenvalue weighted by atomic mass is 19.4. The zero-order valence-corrected chi connectivity index (χ0v) is 15.8. The Kier molecular flexibility index (Phi) is 5.58. The first kappa shape index (κ1) is 20.1. The molecule has 1 atom stereocenters. The summed E-state index contributed by atoms with van der Waals surface area (Å²) in [6, 6.07) is 10.1. The molecular weight excluding hydrogens is 403 g/mol. The third-order valence-corrected chi connectivity index (χ3v) is 4.70. The summed E-state index contributed by atoms with van der Waals surface area (Å²) in [5, 5.41) is 3.37. The number of alkyl halides is 3. The Labute approximate surface area is 169 Å². The number of rotatable bonds is 6. The molecule has 0 saturated carbocycles. The molecule has 0 radical (unpaired) electrons. The van der Waals surface area contributed by atoms with Gasteiger partial charge in [-0.2, -0.15) is 18.2 Å². The van der Waals surface area contributed by atoms with E-state index in [4.69, 9.17) is 9.15 Å². The number of aromatic nitrogens is 2. The number of ether oxygens (including phenoxy) is 1. The van der Waals surface area contributed by atoms with Gasteiger partial charge in [0.15, 0.2) is 0 Å². The molecule has 2 aromatic heterocycles. The van der Waals surface area contributed by atoms with E-state index < -0.39 is 18.2 Å². The minimum atomic E-state index is -4.69. The van der Waals surface area contributed by atoms with Gasteiger partial charge >= 0.3 is 12.1 Å². The van der Waals surface area contributed by atoms with Crippen molar-refractivity contribution in [1.29, 1.82) is 0 Å². The summed E-state index contributed by atoms with van der Waals surface area (Å²) >= 11 is 0. The third-order valence-electron chi connectivity index (χ3n) is 4.70. The number of nitrogens with zero attached hydrogens (tertiary/aromatic N) is 3. The first-order valence-electron chi connectivity index (χ1n) is 9.33. The molecule has 1 amide bonds. The summed E-state index contributed by atoms with van der Waals surface area (Å²) in [5.41, 5.74) is 1.16. The van der Waals surface area contributed by atoms with Crippen molar-refractivity contribution in [3.8, 4) is 11.4 Å². The molecule has 1 aromatic carbocycles. The van der Waals surface area contributed by atoms with Gasteiger partial charge in [0.05, 0.1) is 12.8 Å². The summed E-state index contributed by atoms with van der Waals surface area (Å²) in [6.07, 6.45) is -2.12. The van der Waals surface area contributed by atoms with Crippen LogP contribution in [0.15, 0.2) is 51.6 Å². The molecule has 158 valence electrons. The Morgan fingerprint density at radius 2 is 1.97 bits per heavy atom. The second-order valence-corrected chi connectivity index (χ2v) is 6.89. The van der Waals surface area contributed by atoms with Gasteiger partial charge in [-0.3, -0.25) is 4.79 Å². The lowest BCUT2D eigenvalue weighted by Gasteiger charge is -2.24. The number of furan rings is 1. The minimum absolute atomic E-state index is 0.124. The van der Waals surface area contributed by atoms with E-state index in [0.717, 1.165) is 12.0 Å². The Balaban J connectivity index is 1.49. The lowest BCUT2D eigenvalue weighted by atomic mass is 10.1. The van der Waals surface area contributed by atoms with E-state index in [-0.39, 0.29) is 18.3 Å². The number of amides is 1. The molecule has 0 spiro atoms. The summed E-state index contributed by atoms with van der Waals surface area (Å²) in [6.45, 7) is 1.14. The summed E-state index contributed by atoms with van der Waals surface area (Å²) in [5.74, 6) is -1.03. The zero-order chi connectivity index (χ0) is 21.1. The molecule has 0 bridgehead atoms. The fourth-order valence-corrected chi connectivity index (χ4v) is 3.21. The van der Waals surface area contributed by atoms with Crippen molar-refractivity contribution in [2.24, 2.45) is 0 Å². The van der Waals surface area contributed by atoms with Crippen molar-refractivity contribution in [2.75, 3.05) is 6.61 Å². The van der Waals surface area contributed by atoms with Crippen molar-refractivity contribution in [2.45, 2.75) is 38.2 Å². The molecule has 1 aliphatic rings. The van der Waals surface area contributed by atoms with Gasteiger partial charge in [-0.05, 0) is 30.5 Å². The normalized spacial score (nSPS) is 16.7. The van der Waals surface area contributed by atoms with Crippen LogP contribution in [0.4, 0.5) is 13.2 Å². The van der Waals surface area contributed by atoms with Crippen LogP contribution in [0.5, 0.6) is 0 Å². The molecule has 1 aliphatic heterocycles. The SMILES string of the molecule is O=C(C1CCCO1)N(Cc1ccc(-c2noc(C(F)(F)F)n2)cc1)Cc1ccco1. The third kappa shape index (κ3) is 4.54. The highest BCUT2D eigenvalue weighted by molar-refractivity contribution is 5.81. The molecule has 0 N–H and O–H groups in total. The largest absolute Gasteiger partial charge is 0.471 e. The molecule has 1 unspecified atom stereocenters. The molecule has 10 heteroatoms. The highest BCUT2D eigenvalue weighted by Crippen LogP contribution is 2.29. The second kappa shape index (κ2) is 8.31. The number of carbonyl (C=O) groups excluding carboxylic acids is 1. The number of carbonyl (C=O) groups is 1. The van der Waals surface area contributed by atoms with Gasteiger partial charge in [-0.1, -0.05) is 29.4 Å². The number of hydrogen-bond acceptors (Lipinski definition) is 6. The van der Waals surface area contributed by atoms with Gasteiger partial charge in [0, 0.05) is 18.7 Å². The van der Waals surface area contributed by atoms with Crippen molar-refractivity contribution >= 4 is 5.91 Å². The number of benzene rings is 1. The number of hydrogen-bond donors (Lipinski definition) is 0. The zero-order valence-electron chi connectivity index (χ0n) is 15.8. The Hall–Kier alpha value is -3.14. The first-order valence-corrected chi connectivity index (χ1v) is 9.33. The van der Waals surface area contributed by atoms with Crippen LogP contribution in [-0.2, 0) is 28.8 Å². The molecule has 3 aromatic rings. The van der Waals surface area contributed by atoms with E-state index in [1.54, 1.807) is 47.6 Å². The maximum atomic E-state index is 12.9. The van der Waals surface area contributed by atoms with Crippen LogP contribution in [0.2, 0.25) is 0 Å². The Morgan fingerprint density at radius 1 is 1.17 bits per heavy atom. The van der Waals surface area contributed by atoms with Gasteiger partial charge in [0.2, 0.25) is 5.82 Å². The summed E-state index contributed by atoms with van der Waals surface area (Å²) in [7, 11) is 0. The van der Waals surface area contributed by atoms with E-state index >= 15 is 0 Å². The van der Waals surface area contributed by atoms with Crippen LogP contribution >= 0.6 is 0 Å². The van der Waals surface area contributed by atoms with Crippen LogP contribution < -0.4 is 0 Å². The van der Waals surface area contributed by atoms with Crippen LogP contribution in [0, 0.1) is 0 Å². The van der Waals surface area contributed by atoms with Gasteiger partial charge in [-0.25, -0.2) is 0 Å². The monoisotopic (exact) mass is 421 g/mol.